The lowest BCUT2D eigenvalue weighted by Crippen LogP contribution is -2.62. The molecule has 4 nitrogen and oxygen atoms in total. The Hall–Kier alpha value is -1.29. The largest absolute Gasteiger partial charge is 0.468 e. The summed E-state index contributed by atoms with van der Waals surface area (Å²) in [4.78, 5) is 14.7. The van der Waals surface area contributed by atoms with Crippen LogP contribution in [0.2, 0.25) is 0 Å². The van der Waals surface area contributed by atoms with E-state index in [1.165, 1.54) is 6.42 Å². The van der Waals surface area contributed by atoms with E-state index in [9.17, 15) is 4.79 Å². The standard InChI is InChI=1S/C16H26N2O2/c1-15(2)8-6-9-16(3,4)18(15)14(19)12-17-11-13-7-5-10-20-13/h5,7,10,17H,6,8-9,11-12H2,1-4H3. The fourth-order valence-electron chi connectivity index (χ4n) is 3.46. The van der Waals surface area contributed by atoms with Gasteiger partial charge in [-0.05, 0) is 59.1 Å². The van der Waals surface area contributed by atoms with E-state index in [4.69, 9.17) is 4.42 Å². The Morgan fingerprint density at radius 2 is 1.95 bits per heavy atom. The second kappa shape index (κ2) is 5.60. The van der Waals surface area contributed by atoms with Crippen LogP contribution in [-0.2, 0) is 11.3 Å². The topological polar surface area (TPSA) is 45.5 Å². The van der Waals surface area contributed by atoms with Crippen molar-refractivity contribution in [3.63, 3.8) is 0 Å². The zero-order chi connectivity index (χ0) is 14.8. The molecule has 20 heavy (non-hydrogen) atoms. The SMILES string of the molecule is CC1(C)CCCC(C)(C)N1C(=O)CNCc1ccco1. The van der Waals surface area contributed by atoms with Gasteiger partial charge in [0, 0.05) is 11.1 Å². The Balaban J connectivity index is 1.95. The second-order valence-electron chi connectivity index (χ2n) is 6.89. The summed E-state index contributed by atoms with van der Waals surface area (Å²) in [7, 11) is 0. The van der Waals surface area contributed by atoms with E-state index in [1.54, 1.807) is 6.26 Å². The molecule has 1 N–H and O–H groups in total. The molecule has 1 amide bonds. The summed E-state index contributed by atoms with van der Waals surface area (Å²) in [5.41, 5.74) is -0.129. The maximum absolute atomic E-state index is 12.6. The number of nitrogens with one attached hydrogen (secondary N) is 1. The molecule has 2 heterocycles. The molecule has 0 saturated carbocycles. The van der Waals surface area contributed by atoms with Gasteiger partial charge in [-0.3, -0.25) is 4.79 Å². The molecule has 0 spiro atoms. The first-order valence-electron chi connectivity index (χ1n) is 7.39. The average Bonchev–Trinajstić information content (AvgIpc) is 2.79. The second-order valence-corrected chi connectivity index (χ2v) is 6.89. The van der Waals surface area contributed by atoms with E-state index in [0.717, 1.165) is 18.6 Å². The molecule has 0 unspecified atom stereocenters. The van der Waals surface area contributed by atoms with Gasteiger partial charge in [0.05, 0.1) is 19.4 Å². The van der Waals surface area contributed by atoms with Crippen LogP contribution in [0.3, 0.4) is 0 Å². The minimum absolute atomic E-state index is 0.0643. The highest BCUT2D eigenvalue weighted by molar-refractivity contribution is 5.80. The summed E-state index contributed by atoms with van der Waals surface area (Å²) in [6.07, 6.45) is 4.97. The molecule has 2 rings (SSSR count). The fourth-order valence-corrected chi connectivity index (χ4v) is 3.46. The monoisotopic (exact) mass is 278 g/mol. The maximum atomic E-state index is 12.6. The first kappa shape index (κ1) is 15.1. The van der Waals surface area contributed by atoms with Crippen LogP contribution in [0, 0.1) is 0 Å². The summed E-state index contributed by atoms with van der Waals surface area (Å²) in [6, 6.07) is 3.77. The van der Waals surface area contributed by atoms with Crippen molar-refractivity contribution in [2.24, 2.45) is 0 Å². The van der Waals surface area contributed by atoms with Crippen molar-refractivity contribution in [3.05, 3.63) is 24.2 Å². The lowest BCUT2D eigenvalue weighted by atomic mass is 9.79. The number of rotatable bonds is 4. The molecule has 0 radical (unpaired) electrons. The molecule has 0 aliphatic carbocycles. The first-order valence-corrected chi connectivity index (χ1v) is 7.39. The summed E-state index contributed by atoms with van der Waals surface area (Å²) < 4.78 is 5.26. The predicted octanol–water partition coefficient (Wildman–Crippen LogP) is 2.94. The average molecular weight is 278 g/mol. The van der Waals surface area contributed by atoms with E-state index >= 15 is 0 Å². The van der Waals surface area contributed by atoms with E-state index in [2.05, 4.69) is 37.9 Å². The number of likely N-dealkylation sites (tertiary alicyclic amines) is 1. The molecule has 0 bridgehead atoms. The van der Waals surface area contributed by atoms with Gasteiger partial charge < -0.3 is 14.6 Å². The van der Waals surface area contributed by atoms with E-state index in [1.807, 2.05) is 12.1 Å². The van der Waals surface area contributed by atoms with E-state index in [-0.39, 0.29) is 17.0 Å². The van der Waals surface area contributed by atoms with Crippen LogP contribution in [0.4, 0.5) is 0 Å². The van der Waals surface area contributed by atoms with Crippen LogP contribution in [0.25, 0.3) is 0 Å². The normalized spacial score (nSPS) is 20.9. The Bertz CT molecular complexity index is 433. The molecule has 1 aliphatic heterocycles. The fraction of sp³-hybridized carbons (Fsp3) is 0.688. The molecule has 0 atom stereocenters. The van der Waals surface area contributed by atoms with Crippen molar-refractivity contribution < 1.29 is 9.21 Å². The molecule has 0 aromatic carbocycles. The minimum atomic E-state index is -0.0643. The quantitative estimate of drug-likeness (QED) is 0.921. The van der Waals surface area contributed by atoms with Gasteiger partial charge in [0.25, 0.3) is 0 Å². The zero-order valence-corrected chi connectivity index (χ0v) is 13.0. The number of furan rings is 1. The molecule has 112 valence electrons. The van der Waals surface area contributed by atoms with Crippen LogP contribution in [-0.4, -0.2) is 28.4 Å². The van der Waals surface area contributed by atoms with E-state index < -0.39 is 0 Å². The Labute approximate surface area is 121 Å². The van der Waals surface area contributed by atoms with Gasteiger partial charge in [-0.1, -0.05) is 0 Å². The van der Waals surface area contributed by atoms with Crippen LogP contribution in [0.15, 0.2) is 22.8 Å². The van der Waals surface area contributed by atoms with Crippen molar-refractivity contribution in [1.82, 2.24) is 10.2 Å². The predicted molar refractivity (Wildman–Crippen MR) is 79.3 cm³/mol. The third kappa shape index (κ3) is 3.23. The summed E-state index contributed by atoms with van der Waals surface area (Å²) >= 11 is 0. The lowest BCUT2D eigenvalue weighted by molar-refractivity contribution is -0.147. The molecule has 1 saturated heterocycles. The smallest absolute Gasteiger partial charge is 0.237 e. The van der Waals surface area contributed by atoms with E-state index in [0.29, 0.717) is 13.1 Å². The highest BCUT2D eigenvalue weighted by Gasteiger charge is 2.43. The van der Waals surface area contributed by atoms with Gasteiger partial charge in [-0.2, -0.15) is 0 Å². The first-order chi connectivity index (χ1) is 9.33. The van der Waals surface area contributed by atoms with Crippen molar-refractivity contribution in [3.8, 4) is 0 Å². The van der Waals surface area contributed by atoms with Crippen molar-refractivity contribution in [1.29, 1.82) is 0 Å². The van der Waals surface area contributed by atoms with Crippen molar-refractivity contribution >= 4 is 5.91 Å². The van der Waals surface area contributed by atoms with Gasteiger partial charge in [-0.15, -0.1) is 0 Å². The number of amides is 1. The van der Waals surface area contributed by atoms with Gasteiger partial charge >= 0.3 is 0 Å². The number of carbonyl (C=O) groups excluding carboxylic acids is 1. The van der Waals surface area contributed by atoms with Crippen LogP contribution >= 0.6 is 0 Å². The maximum Gasteiger partial charge on any atom is 0.237 e. The van der Waals surface area contributed by atoms with Crippen molar-refractivity contribution in [2.45, 2.75) is 64.6 Å². The Kier molecular flexibility index (Phi) is 4.23. The molecular formula is C16H26N2O2. The molecule has 1 aromatic rings. The molecule has 1 aliphatic rings. The number of hydrogen-bond acceptors (Lipinski definition) is 3. The summed E-state index contributed by atoms with van der Waals surface area (Å²) in [5, 5.41) is 3.18. The summed E-state index contributed by atoms with van der Waals surface area (Å²) in [6.45, 7) is 9.61. The highest BCUT2D eigenvalue weighted by Crippen LogP contribution is 2.38. The van der Waals surface area contributed by atoms with Crippen molar-refractivity contribution in [2.75, 3.05) is 6.54 Å². The van der Waals surface area contributed by atoms with Crippen LogP contribution < -0.4 is 5.32 Å². The highest BCUT2D eigenvalue weighted by atomic mass is 16.3. The Morgan fingerprint density at radius 3 is 2.50 bits per heavy atom. The molecule has 1 aromatic heterocycles. The number of nitrogens with zero attached hydrogens (tertiary/aromatic N) is 1. The van der Waals surface area contributed by atoms with Gasteiger partial charge in [-0.25, -0.2) is 0 Å². The number of piperidine rings is 1. The number of carbonyl (C=O) groups is 1. The molecule has 4 heteroatoms. The third-order valence-corrected chi connectivity index (χ3v) is 4.19. The lowest BCUT2D eigenvalue weighted by Gasteiger charge is -2.53. The zero-order valence-electron chi connectivity index (χ0n) is 13.0. The minimum Gasteiger partial charge on any atom is -0.468 e. The third-order valence-electron chi connectivity index (χ3n) is 4.19. The molecular weight excluding hydrogens is 252 g/mol. The summed E-state index contributed by atoms with van der Waals surface area (Å²) in [5.74, 6) is 1.03. The molecule has 1 fully saturated rings. The van der Waals surface area contributed by atoms with Gasteiger partial charge in [0.1, 0.15) is 5.76 Å². The Morgan fingerprint density at radius 1 is 1.30 bits per heavy atom. The number of hydrogen-bond donors (Lipinski definition) is 1. The van der Waals surface area contributed by atoms with Gasteiger partial charge in [0.2, 0.25) is 5.91 Å². The van der Waals surface area contributed by atoms with Gasteiger partial charge in [0.15, 0.2) is 0 Å². The van der Waals surface area contributed by atoms with Crippen LogP contribution in [0.1, 0.15) is 52.7 Å². The van der Waals surface area contributed by atoms with Crippen LogP contribution in [0.5, 0.6) is 0 Å².